The van der Waals surface area contributed by atoms with Crippen LogP contribution in [0.2, 0.25) is 5.02 Å². The van der Waals surface area contributed by atoms with Gasteiger partial charge in [0.25, 0.3) is 0 Å². The van der Waals surface area contributed by atoms with Gasteiger partial charge in [-0.3, -0.25) is 4.79 Å². The van der Waals surface area contributed by atoms with Crippen LogP contribution in [-0.4, -0.2) is 52.6 Å². The lowest BCUT2D eigenvalue weighted by Gasteiger charge is -2.15. The molecule has 0 saturated carbocycles. The molecule has 2 aromatic carbocycles. The van der Waals surface area contributed by atoms with Crippen molar-refractivity contribution in [1.82, 2.24) is 14.8 Å². The number of halogens is 1. The monoisotopic (exact) mass is 518 g/mol. The van der Waals surface area contributed by atoms with Crippen LogP contribution >= 0.6 is 23.4 Å². The van der Waals surface area contributed by atoms with E-state index >= 15 is 0 Å². The fourth-order valence-electron chi connectivity index (χ4n) is 3.09. The number of benzene rings is 2. The first-order chi connectivity index (χ1) is 16.7. The summed E-state index contributed by atoms with van der Waals surface area (Å²) >= 11 is 7.32. The van der Waals surface area contributed by atoms with Crippen molar-refractivity contribution in [2.75, 3.05) is 25.3 Å². The van der Waals surface area contributed by atoms with Crippen molar-refractivity contribution in [2.24, 2.45) is 7.05 Å². The maximum absolute atomic E-state index is 12.6. The number of methoxy groups -OCH3 is 2. The molecule has 0 aliphatic carbocycles. The van der Waals surface area contributed by atoms with E-state index in [-0.39, 0.29) is 28.5 Å². The van der Waals surface area contributed by atoms with Crippen molar-refractivity contribution in [3.05, 3.63) is 64.4 Å². The van der Waals surface area contributed by atoms with Crippen LogP contribution in [0.5, 0.6) is 5.75 Å². The van der Waals surface area contributed by atoms with E-state index in [0.717, 1.165) is 11.8 Å². The van der Waals surface area contributed by atoms with Gasteiger partial charge in [-0.25, -0.2) is 9.59 Å². The van der Waals surface area contributed by atoms with Gasteiger partial charge in [-0.05, 0) is 37.3 Å². The molecule has 3 rings (SSSR count). The summed E-state index contributed by atoms with van der Waals surface area (Å²) in [6.07, 6.45) is -0.437. The van der Waals surface area contributed by atoms with Crippen LogP contribution < -0.4 is 10.1 Å². The van der Waals surface area contributed by atoms with E-state index < -0.39 is 18.0 Å². The molecular formula is C23H23ClN4O6S. The lowest BCUT2D eigenvalue weighted by molar-refractivity contribution is -0.113. The first-order valence-electron chi connectivity index (χ1n) is 10.3. The van der Waals surface area contributed by atoms with Crippen LogP contribution in [-0.2, 0) is 21.3 Å². The first kappa shape index (κ1) is 26.0. The highest BCUT2D eigenvalue weighted by atomic mass is 35.5. The number of anilines is 1. The molecule has 1 amide bonds. The highest BCUT2D eigenvalue weighted by Gasteiger charge is 2.20. The number of nitrogens with zero attached hydrogens (tertiary/aromatic N) is 3. The van der Waals surface area contributed by atoms with Crippen molar-refractivity contribution < 1.29 is 28.6 Å². The average molecular weight is 519 g/mol. The predicted molar refractivity (Wildman–Crippen MR) is 130 cm³/mol. The van der Waals surface area contributed by atoms with Crippen molar-refractivity contribution in [2.45, 2.75) is 18.2 Å². The first-order valence-corrected chi connectivity index (χ1v) is 11.6. The van der Waals surface area contributed by atoms with Gasteiger partial charge in [-0.1, -0.05) is 35.5 Å². The van der Waals surface area contributed by atoms with Gasteiger partial charge in [-0.15, -0.1) is 10.2 Å². The van der Waals surface area contributed by atoms with Crippen molar-refractivity contribution in [1.29, 1.82) is 0 Å². The third-order valence-electron chi connectivity index (χ3n) is 4.76. The number of hydrogen-bond acceptors (Lipinski definition) is 9. The Labute approximate surface area is 210 Å². The Hall–Kier alpha value is -3.57. The predicted octanol–water partition coefficient (Wildman–Crippen LogP) is 3.91. The Kier molecular flexibility index (Phi) is 8.72. The quantitative estimate of drug-likeness (QED) is 0.332. The number of carbonyl (C=O) groups excluding carboxylic acids is 3. The summed E-state index contributed by atoms with van der Waals surface area (Å²) in [6.45, 7) is 1.82. The van der Waals surface area contributed by atoms with Crippen LogP contribution in [0.1, 0.15) is 39.6 Å². The summed E-state index contributed by atoms with van der Waals surface area (Å²) in [5, 5.41) is 12.0. The zero-order valence-electron chi connectivity index (χ0n) is 19.4. The van der Waals surface area contributed by atoms with Crippen LogP contribution in [0.15, 0.2) is 47.6 Å². The second-order valence-corrected chi connectivity index (χ2v) is 8.56. The SMILES string of the molecule is COC(=O)c1cc(NC(=O)CSc2nnc(C(C)Oc3ccccc3Cl)n2C)cc(C(=O)OC)c1. The Morgan fingerprint density at radius 3 is 2.29 bits per heavy atom. The topological polar surface area (TPSA) is 122 Å². The normalized spacial score (nSPS) is 11.5. The molecule has 0 aliphatic rings. The summed E-state index contributed by atoms with van der Waals surface area (Å²) in [5.41, 5.74) is 0.451. The third-order valence-corrected chi connectivity index (χ3v) is 6.10. The van der Waals surface area contributed by atoms with Crippen LogP contribution in [0.25, 0.3) is 0 Å². The molecule has 3 aromatic rings. The standard InChI is InChI=1S/C23H23ClN4O6S/c1-13(34-18-8-6-5-7-17(18)24)20-26-27-23(28(20)2)35-12-19(29)25-16-10-14(21(30)32-3)9-15(11-16)22(31)33-4/h5-11,13H,12H2,1-4H3,(H,25,29). The van der Waals surface area contributed by atoms with E-state index in [4.69, 9.17) is 25.8 Å². The number of nitrogens with one attached hydrogen (secondary N) is 1. The second kappa shape index (κ2) is 11.7. The number of hydrogen-bond donors (Lipinski definition) is 1. The number of rotatable bonds is 9. The highest BCUT2D eigenvalue weighted by Crippen LogP contribution is 2.29. The minimum Gasteiger partial charge on any atom is -0.481 e. The Morgan fingerprint density at radius 2 is 1.69 bits per heavy atom. The van der Waals surface area contributed by atoms with Gasteiger partial charge in [0.15, 0.2) is 17.1 Å². The Morgan fingerprint density at radius 1 is 1.06 bits per heavy atom. The maximum atomic E-state index is 12.6. The van der Waals surface area contributed by atoms with Crippen molar-refractivity contribution in [3.63, 3.8) is 0 Å². The highest BCUT2D eigenvalue weighted by molar-refractivity contribution is 7.99. The number of esters is 2. The zero-order chi connectivity index (χ0) is 25.5. The van der Waals surface area contributed by atoms with Crippen LogP contribution in [0.4, 0.5) is 5.69 Å². The molecule has 0 aliphatic heterocycles. The van der Waals surface area contributed by atoms with Gasteiger partial charge in [0, 0.05) is 12.7 Å². The number of thioether (sulfide) groups is 1. The molecule has 1 aromatic heterocycles. The number of amides is 1. The smallest absolute Gasteiger partial charge is 0.337 e. The third kappa shape index (κ3) is 6.52. The number of carbonyl (C=O) groups is 3. The molecule has 1 heterocycles. The minimum absolute atomic E-state index is 0.00172. The molecule has 0 radical (unpaired) electrons. The fraction of sp³-hybridized carbons (Fsp3) is 0.261. The summed E-state index contributed by atoms with van der Waals surface area (Å²) in [7, 11) is 4.21. The summed E-state index contributed by atoms with van der Waals surface area (Å²) in [6, 6.07) is 11.3. The molecule has 0 bridgehead atoms. The molecule has 1 N–H and O–H groups in total. The molecule has 10 nitrogen and oxygen atoms in total. The van der Waals surface area contributed by atoms with Gasteiger partial charge in [0.05, 0.1) is 36.1 Å². The molecule has 0 saturated heterocycles. The molecule has 1 unspecified atom stereocenters. The zero-order valence-corrected chi connectivity index (χ0v) is 21.0. The maximum Gasteiger partial charge on any atom is 0.337 e. The van der Waals surface area contributed by atoms with Gasteiger partial charge in [-0.2, -0.15) is 0 Å². The van der Waals surface area contributed by atoms with Gasteiger partial charge >= 0.3 is 11.9 Å². The average Bonchev–Trinajstić information content (AvgIpc) is 3.23. The van der Waals surface area contributed by atoms with Crippen LogP contribution in [0, 0.1) is 0 Å². The summed E-state index contributed by atoms with van der Waals surface area (Å²) < 4.78 is 17.0. The number of aromatic nitrogens is 3. The summed E-state index contributed by atoms with van der Waals surface area (Å²) in [5.74, 6) is -0.597. The lowest BCUT2D eigenvalue weighted by Crippen LogP contribution is -2.16. The molecule has 0 fully saturated rings. The van der Waals surface area contributed by atoms with E-state index in [1.807, 2.05) is 19.1 Å². The summed E-state index contributed by atoms with van der Waals surface area (Å²) in [4.78, 5) is 36.4. The fourth-order valence-corrected chi connectivity index (χ4v) is 3.99. The number of para-hydroxylation sites is 1. The van der Waals surface area contributed by atoms with E-state index in [1.54, 1.807) is 23.7 Å². The number of ether oxygens (including phenoxy) is 3. The largest absolute Gasteiger partial charge is 0.481 e. The van der Waals surface area contributed by atoms with Gasteiger partial charge in [0.1, 0.15) is 5.75 Å². The van der Waals surface area contributed by atoms with Gasteiger partial charge < -0.3 is 24.1 Å². The minimum atomic E-state index is -0.652. The molecule has 184 valence electrons. The van der Waals surface area contributed by atoms with Crippen molar-refractivity contribution >= 4 is 46.9 Å². The van der Waals surface area contributed by atoms with E-state index in [9.17, 15) is 14.4 Å². The van der Waals surface area contributed by atoms with Gasteiger partial charge in [0.2, 0.25) is 5.91 Å². The van der Waals surface area contributed by atoms with E-state index in [1.165, 1.54) is 32.4 Å². The molecule has 35 heavy (non-hydrogen) atoms. The molecule has 12 heteroatoms. The van der Waals surface area contributed by atoms with Crippen molar-refractivity contribution in [3.8, 4) is 5.75 Å². The Bertz CT molecular complexity index is 1210. The van der Waals surface area contributed by atoms with E-state index in [2.05, 4.69) is 15.5 Å². The molecule has 1 atom stereocenters. The van der Waals surface area contributed by atoms with Crippen LogP contribution in [0.3, 0.4) is 0 Å². The molecule has 0 spiro atoms. The molecular weight excluding hydrogens is 496 g/mol. The van der Waals surface area contributed by atoms with E-state index in [0.29, 0.717) is 21.8 Å². The lowest BCUT2D eigenvalue weighted by atomic mass is 10.1. The Balaban J connectivity index is 1.66. The second-order valence-electron chi connectivity index (χ2n) is 7.21.